The van der Waals surface area contributed by atoms with Crippen molar-refractivity contribution < 1.29 is 29.0 Å². The number of hydrogen-bond donors (Lipinski definition) is 5. The fourth-order valence-corrected chi connectivity index (χ4v) is 10.1. The van der Waals surface area contributed by atoms with E-state index in [2.05, 4.69) is 95.1 Å². The number of H-pyrrole nitrogens is 2. The van der Waals surface area contributed by atoms with Crippen molar-refractivity contribution in [1.29, 1.82) is 0 Å². The smallest absolute Gasteiger partial charge is 0.407 e. The zero-order valence-corrected chi connectivity index (χ0v) is 35.7. The van der Waals surface area contributed by atoms with Gasteiger partial charge in [-0.3, -0.25) is 9.59 Å². The van der Waals surface area contributed by atoms with Gasteiger partial charge in [0.05, 0.1) is 30.6 Å². The lowest BCUT2D eigenvalue weighted by Crippen LogP contribution is -2.52. The van der Waals surface area contributed by atoms with Crippen molar-refractivity contribution in [3.63, 3.8) is 0 Å². The van der Waals surface area contributed by atoms with Crippen LogP contribution >= 0.6 is 0 Å². The molecule has 4 fully saturated rings. The molecule has 2 aromatic heterocycles. The predicted octanol–water partition coefficient (Wildman–Crippen LogP) is 8.06. The Hall–Kier alpha value is -6.18. The number of carboxylic acid groups (broad SMARTS) is 1. The molecular weight excluding hydrogens is 773 g/mol. The van der Waals surface area contributed by atoms with Crippen LogP contribution in [-0.4, -0.2) is 90.1 Å². The molecule has 61 heavy (non-hydrogen) atoms. The van der Waals surface area contributed by atoms with Gasteiger partial charge in [0.1, 0.15) is 23.7 Å². The highest BCUT2D eigenvalue weighted by atomic mass is 16.5. The first-order valence-corrected chi connectivity index (χ1v) is 21.3. The highest BCUT2D eigenvalue weighted by Gasteiger charge is 2.65. The number of carbonyl (C=O) groups is 4. The highest BCUT2D eigenvalue weighted by Crippen LogP contribution is 2.64. The Bertz CT molecular complexity index is 2550. The van der Waals surface area contributed by atoms with Crippen LogP contribution in [0.5, 0.6) is 0 Å². The Morgan fingerprint density at radius 1 is 0.672 bits per heavy atom. The molecule has 0 spiro atoms. The first-order valence-electron chi connectivity index (χ1n) is 21.3. The van der Waals surface area contributed by atoms with Gasteiger partial charge in [0, 0.05) is 35.6 Å². The average molecular weight is 827 g/mol. The molecule has 4 aliphatic rings. The molecule has 14 nitrogen and oxygen atoms in total. The number of alkyl carbamates (subject to hydrolysis) is 1. The average Bonchev–Trinajstić information content (AvgIpc) is 3.68. The minimum Gasteiger partial charge on any atom is -0.465 e. The largest absolute Gasteiger partial charge is 0.465 e. The number of imidazole rings is 2. The van der Waals surface area contributed by atoms with Gasteiger partial charge in [-0.25, -0.2) is 19.6 Å². The van der Waals surface area contributed by atoms with Gasteiger partial charge < -0.3 is 40.2 Å². The summed E-state index contributed by atoms with van der Waals surface area (Å²) in [6.45, 7) is 12.0. The summed E-state index contributed by atoms with van der Waals surface area (Å²) in [5.41, 5.74) is 5.69. The number of piperidine rings is 2. The third-order valence-corrected chi connectivity index (χ3v) is 13.9. The number of nitrogens with one attached hydrogen (secondary N) is 4. The molecule has 318 valence electrons. The van der Waals surface area contributed by atoms with Crippen LogP contribution in [0.2, 0.25) is 0 Å². The number of aromatic nitrogens is 4. The van der Waals surface area contributed by atoms with E-state index in [1.807, 2.05) is 49.9 Å². The van der Waals surface area contributed by atoms with E-state index in [9.17, 15) is 24.3 Å². The van der Waals surface area contributed by atoms with Crippen LogP contribution in [0.15, 0.2) is 73.1 Å². The topological polar surface area (TPSA) is 186 Å². The minimum absolute atomic E-state index is 0.00795. The first kappa shape index (κ1) is 40.2. The number of fused-ring (bicyclic) bond motifs is 3. The third-order valence-electron chi connectivity index (χ3n) is 13.9. The standard InChI is InChI=1S/C47H54N8O6/c1-24(2)38(52-44(58)59)42(56)54-34(18-46(5)20-36(46)54)40-48-22-32(50-40)27-10-8-26(9-11-27)28-12-13-30-17-31(15-14-29(30)16-28)33-23-49-41(51-33)35-19-47(6)21-37(47)55(35)43(57)39(25(3)4)53-45(60)61-7/h8-17,22-25,34-39,52H,18-21H2,1-7H3,(H,48,50)(H,49,51)(H,53,60)(H,58,59)/t34-,35-,36-,37-,38-,39-,46+,47+/m0/s1. The molecule has 0 unspecified atom stereocenters. The Morgan fingerprint density at radius 2 is 1.11 bits per heavy atom. The van der Waals surface area contributed by atoms with Gasteiger partial charge >= 0.3 is 12.2 Å². The van der Waals surface area contributed by atoms with Gasteiger partial charge in [-0.15, -0.1) is 0 Å². The van der Waals surface area contributed by atoms with E-state index in [0.717, 1.165) is 75.9 Å². The highest BCUT2D eigenvalue weighted by molar-refractivity contribution is 5.91. The van der Waals surface area contributed by atoms with Crippen LogP contribution in [0.4, 0.5) is 9.59 Å². The molecule has 2 aliphatic heterocycles. The summed E-state index contributed by atoms with van der Waals surface area (Å²) in [7, 11) is 1.30. The van der Waals surface area contributed by atoms with E-state index in [1.54, 1.807) is 0 Å². The number of ether oxygens (including phenoxy) is 1. The van der Waals surface area contributed by atoms with E-state index in [1.165, 1.54) is 7.11 Å². The molecule has 0 bridgehead atoms. The number of amides is 4. The number of likely N-dealkylation sites (tertiary alicyclic amines) is 2. The summed E-state index contributed by atoms with van der Waals surface area (Å²) < 4.78 is 4.82. The number of methoxy groups -OCH3 is 1. The number of hydrogen-bond acceptors (Lipinski definition) is 7. The number of benzene rings is 3. The maximum absolute atomic E-state index is 14.0. The zero-order valence-electron chi connectivity index (χ0n) is 35.7. The predicted molar refractivity (Wildman–Crippen MR) is 230 cm³/mol. The monoisotopic (exact) mass is 826 g/mol. The van der Waals surface area contributed by atoms with E-state index < -0.39 is 24.3 Å². The second-order valence-electron chi connectivity index (χ2n) is 18.9. The fraction of sp³-hybridized carbons (Fsp3) is 0.447. The van der Waals surface area contributed by atoms with Crippen molar-refractivity contribution in [2.24, 2.45) is 22.7 Å². The molecule has 9 rings (SSSR count). The molecular formula is C47H54N8O6. The lowest BCUT2D eigenvalue weighted by atomic mass is 9.98. The summed E-state index contributed by atoms with van der Waals surface area (Å²) in [4.78, 5) is 71.9. The van der Waals surface area contributed by atoms with Crippen LogP contribution < -0.4 is 10.6 Å². The van der Waals surface area contributed by atoms with E-state index in [-0.39, 0.29) is 58.6 Å². The van der Waals surface area contributed by atoms with Crippen molar-refractivity contribution in [1.82, 2.24) is 40.4 Å². The van der Waals surface area contributed by atoms with Crippen LogP contribution in [0.3, 0.4) is 0 Å². The zero-order chi connectivity index (χ0) is 43.1. The van der Waals surface area contributed by atoms with Crippen molar-refractivity contribution in [2.45, 2.75) is 103 Å². The molecule has 5 N–H and O–H groups in total. The van der Waals surface area contributed by atoms with Gasteiger partial charge in [-0.2, -0.15) is 0 Å². The second kappa shape index (κ2) is 14.8. The number of aromatic amines is 2. The number of carbonyl (C=O) groups excluding carboxylic acids is 3. The summed E-state index contributed by atoms with van der Waals surface area (Å²) >= 11 is 0. The Balaban J connectivity index is 0.895. The second-order valence-corrected chi connectivity index (χ2v) is 18.9. The summed E-state index contributed by atoms with van der Waals surface area (Å²) in [6.07, 6.45) is 5.40. The Labute approximate surface area is 354 Å². The van der Waals surface area contributed by atoms with Crippen molar-refractivity contribution in [3.05, 3.63) is 84.7 Å². The van der Waals surface area contributed by atoms with Crippen LogP contribution in [0.25, 0.3) is 44.4 Å². The van der Waals surface area contributed by atoms with Gasteiger partial charge in [-0.1, -0.05) is 90.1 Å². The fourth-order valence-electron chi connectivity index (χ4n) is 10.1. The molecule has 2 saturated heterocycles. The normalized spacial score (nSPS) is 25.9. The molecule has 4 amide bonds. The maximum Gasteiger partial charge on any atom is 0.407 e. The van der Waals surface area contributed by atoms with Gasteiger partial charge in [0.2, 0.25) is 11.8 Å². The summed E-state index contributed by atoms with van der Waals surface area (Å²) in [5, 5.41) is 16.8. The van der Waals surface area contributed by atoms with E-state index in [0.29, 0.717) is 5.82 Å². The third kappa shape index (κ3) is 7.19. The van der Waals surface area contributed by atoms with Gasteiger partial charge in [0.15, 0.2) is 0 Å². The first-order chi connectivity index (χ1) is 29.1. The van der Waals surface area contributed by atoms with Crippen molar-refractivity contribution in [3.8, 4) is 33.6 Å². The molecule has 2 saturated carbocycles. The van der Waals surface area contributed by atoms with Crippen molar-refractivity contribution in [2.75, 3.05) is 7.11 Å². The van der Waals surface area contributed by atoms with Crippen LogP contribution in [0, 0.1) is 22.7 Å². The van der Waals surface area contributed by atoms with Crippen LogP contribution in [0.1, 0.15) is 91.0 Å². The number of nitrogens with zero attached hydrogens (tertiary/aromatic N) is 4. The lowest BCUT2D eigenvalue weighted by Gasteiger charge is -2.31. The minimum atomic E-state index is -1.20. The maximum atomic E-state index is 14.0. The summed E-state index contributed by atoms with van der Waals surface area (Å²) in [5.74, 6) is 0.847. The molecule has 4 heterocycles. The van der Waals surface area contributed by atoms with Crippen molar-refractivity contribution >= 4 is 34.8 Å². The Morgan fingerprint density at radius 3 is 1.61 bits per heavy atom. The van der Waals surface area contributed by atoms with Gasteiger partial charge in [-0.05, 0) is 82.4 Å². The quantitative estimate of drug-likeness (QED) is 0.0885. The molecule has 2 aliphatic carbocycles. The summed E-state index contributed by atoms with van der Waals surface area (Å²) in [6, 6.07) is 19.2. The van der Waals surface area contributed by atoms with E-state index in [4.69, 9.17) is 14.7 Å². The Kier molecular flexibility index (Phi) is 9.74. The molecule has 3 aromatic carbocycles. The molecule has 0 radical (unpaired) electrons. The molecule has 8 atom stereocenters. The van der Waals surface area contributed by atoms with Crippen LogP contribution in [-0.2, 0) is 14.3 Å². The SMILES string of the molecule is COC(=O)N[C@H](C(=O)N1[C@H]2C[C@@]2(C)C[C@H]1c1nc(-c2ccc3cc(-c4ccc(-c5c[nH]c([C@@H]6C[C@]7(C)C[C@@H]7N6C(=O)[C@@H](NC(=O)O)C(C)C)n5)cc4)ccc3c2)c[nH]1)C(C)C. The molecule has 14 heteroatoms. The number of rotatable bonds is 11. The molecule has 5 aromatic rings. The van der Waals surface area contributed by atoms with E-state index >= 15 is 0 Å². The van der Waals surface area contributed by atoms with Gasteiger partial charge in [0.25, 0.3) is 0 Å². The lowest BCUT2D eigenvalue weighted by molar-refractivity contribution is -0.137.